The van der Waals surface area contributed by atoms with Crippen molar-refractivity contribution in [3.05, 3.63) is 30.0 Å². The summed E-state index contributed by atoms with van der Waals surface area (Å²) in [7, 11) is 1.92. The summed E-state index contributed by atoms with van der Waals surface area (Å²) in [4.78, 5) is 0. The molecule has 0 saturated carbocycles. The molecule has 1 N–H and O–H groups in total. The largest absolute Gasteiger partial charge is 0.494 e. The average Bonchev–Trinajstić information content (AvgIpc) is 2.63. The van der Waals surface area contributed by atoms with Gasteiger partial charge in [0.05, 0.1) is 12.9 Å². The molecule has 2 rings (SSSR count). The molecule has 0 radical (unpaired) electrons. The van der Waals surface area contributed by atoms with Crippen molar-refractivity contribution in [3.8, 4) is 5.75 Å². The number of nitrogens with one attached hydrogen (secondary N) is 1. The smallest absolute Gasteiger partial charge is 0.134 e. The van der Waals surface area contributed by atoms with E-state index >= 15 is 0 Å². The Morgan fingerprint density at radius 1 is 1.40 bits per heavy atom. The predicted octanol–water partition coefficient (Wildman–Crippen LogP) is 2.55. The summed E-state index contributed by atoms with van der Waals surface area (Å²) in [5, 5.41) is 4.23. The predicted molar refractivity (Wildman–Crippen MR) is 60.1 cm³/mol. The molecule has 0 bridgehead atoms. The summed E-state index contributed by atoms with van der Waals surface area (Å²) in [5.74, 6) is 0.892. The monoisotopic (exact) mass is 205 g/mol. The van der Waals surface area contributed by atoms with Crippen molar-refractivity contribution in [1.29, 1.82) is 0 Å². The Bertz CT molecular complexity index is 448. The number of furan rings is 1. The molecular weight excluding hydrogens is 190 g/mol. The highest BCUT2D eigenvalue weighted by Crippen LogP contribution is 2.25. The van der Waals surface area contributed by atoms with Gasteiger partial charge in [0.25, 0.3) is 0 Å². The molecule has 0 saturated heterocycles. The van der Waals surface area contributed by atoms with E-state index in [1.807, 2.05) is 32.2 Å². The summed E-state index contributed by atoms with van der Waals surface area (Å²) in [5.41, 5.74) is 2.07. The van der Waals surface area contributed by atoms with E-state index in [2.05, 4.69) is 5.32 Å². The van der Waals surface area contributed by atoms with Crippen LogP contribution in [0.25, 0.3) is 11.0 Å². The van der Waals surface area contributed by atoms with Gasteiger partial charge in [0.1, 0.15) is 11.3 Å². The lowest BCUT2D eigenvalue weighted by Crippen LogP contribution is -2.03. The van der Waals surface area contributed by atoms with E-state index in [1.54, 1.807) is 6.26 Å². The maximum absolute atomic E-state index is 5.45. The third kappa shape index (κ3) is 1.97. The molecule has 1 aromatic heterocycles. The van der Waals surface area contributed by atoms with Crippen LogP contribution >= 0.6 is 0 Å². The molecular formula is C12H15NO2. The van der Waals surface area contributed by atoms with Crippen LogP contribution in [0.4, 0.5) is 0 Å². The molecule has 1 aromatic carbocycles. The zero-order valence-corrected chi connectivity index (χ0v) is 9.04. The normalized spacial score (nSPS) is 10.8. The van der Waals surface area contributed by atoms with E-state index in [0.717, 1.165) is 28.8 Å². The first-order valence-corrected chi connectivity index (χ1v) is 5.12. The Balaban J connectivity index is 2.42. The first-order valence-electron chi connectivity index (χ1n) is 5.12. The minimum atomic E-state index is 0.685. The highest BCUT2D eigenvalue weighted by Gasteiger charge is 2.06. The van der Waals surface area contributed by atoms with Crippen molar-refractivity contribution in [3.63, 3.8) is 0 Å². The molecule has 0 fully saturated rings. The summed E-state index contributed by atoms with van der Waals surface area (Å²) < 4.78 is 10.9. The molecule has 3 nitrogen and oxygen atoms in total. The summed E-state index contributed by atoms with van der Waals surface area (Å²) >= 11 is 0. The maximum atomic E-state index is 5.45. The zero-order valence-electron chi connectivity index (χ0n) is 9.04. The fraction of sp³-hybridized carbons (Fsp3) is 0.333. The van der Waals surface area contributed by atoms with E-state index in [1.165, 1.54) is 0 Å². The van der Waals surface area contributed by atoms with Gasteiger partial charge in [-0.2, -0.15) is 0 Å². The minimum Gasteiger partial charge on any atom is -0.494 e. The first kappa shape index (κ1) is 10.1. The van der Waals surface area contributed by atoms with Gasteiger partial charge in [-0.25, -0.2) is 0 Å². The van der Waals surface area contributed by atoms with Crippen molar-refractivity contribution in [1.82, 2.24) is 5.32 Å². The Morgan fingerprint density at radius 3 is 3.00 bits per heavy atom. The second kappa shape index (κ2) is 4.36. The van der Waals surface area contributed by atoms with Crippen molar-refractivity contribution >= 4 is 11.0 Å². The van der Waals surface area contributed by atoms with Gasteiger partial charge in [0, 0.05) is 17.5 Å². The van der Waals surface area contributed by atoms with E-state index in [0.29, 0.717) is 6.61 Å². The highest BCUT2D eigenvalue weighted by molar-refractivity contribution is 5.82. The second-order valence-electron chi connectivity index (χ2n) is 3.38. The first-order chi connectivity index (χ1) is 7.35. The lowest BCUT2D eigenvalue weighted by molar-refractivity contribution is 0.340. The topological polar surface area (TPSA) is 34.4 Å². The van der Waals surface area contributed by atoms with Crippen LogP contribution in [-0.4, -0.2) is 13.7 Å². The maximum Gasteiger partial charge on any atom is 0.134 e. The Labute approximate surface area is 89.0 Å². The van der Waals surface area contributed by atoms with Crippen LogP contribution in [0.5, 0.6) is 5.75 Å². The number of benzene rings is 1. The fourth-order valence-electron chi connectivity index (χ4n) is 1.64. The zero-order chi connectivity index (χ0) is 10.7. The third-order valence-electron chi connectivity index (χ3n) is 2.30. The molecule has 0 aliphatic carbocycles. The number of hydrogen-bond acceptors (Lipinski definition) is 3. The number of ether oxygens (including phenoxy) is 1. The number of fused-ring (bicyclic) bond motifs is 1. The van der Waals surface area contributed by atoms with Crippen LogP contribution in [0, 0.1) is 0 Å². The van der Waals surface area contributed by atoms with E-state index in [9.17, 15) is 0 Å². The van der Waals surface area contributed by atoms with Gasteiger partial charge in [-0.3, -0.25) is 0 Å². The Morgan fingerprint density at radius 2 is 2.27 bits per heavy atom. The van der Waals surface area contributed by atoms with Crippen LogP contribution in [0.3, 0.4) is 0 Å². The van der Waals surface area contributed by atoms with Crippen molar-refractivity contribution in [2.24, 2.45) is 0 Å². The van der Waals surface area contributed by atoms with Crippen molar-refractivity contribution < 1.29 is 9.15 Å². The van der Waals surface area contributed by atoms with Crippen molar-refractivity contribution in [2.75, 3.05) is 13.7 Å². The molecule has 0 spiro atoms. The highest BCUT2D eigenvalue weighted by atomic mass is 16.5. The van der Waals surface area contributed by atoms with Gasteiger partial charge >= 0.3 is 0 Å². The lowest BCUT2D eigenvalue weighted by Gasteiger charge is -2.02. The van der Waals surface area contributed by atoms with Crippen LogP contribution < -0.4 is 10.1 Å². The molecule has 0 aliphatic rings. The van der Waals surface area contributed by atoms with Crippen LogP contribution in [0.1, 0.15) is 12.5 Å². The molecule has 80 valence electrons. The Kier molecular flexibility index (Phi) is 2.92. The number of rotatable bonds is 4. The third-order valence-corrected chi connectivity index (χ3v) is 2.30. The molecule has 0 unspecified atom stereocenters. The van der Waals surface area contributed by atoms with Gasteiger partial charge in [0.15, 0.2) is 0 Å². The second-order valence-corrected chi connectivity index (χ2v) is 3.38. The molecule has 0 atom stereocenters. The standard InChI is InChI=1S/C12H15NO2/c1-3-14-10-4-5-12-11(6-10)9(7-13-2)8-15-12/h4-6,8,13H,3,7H2,1-2H3. The molecule has 0 amide bonds. The summed E-state index contributed by atoms with van der Waals surface area (Å²) in [6.45, 7) is 3.47. The van der Waals surface area contributed by atoms with Gasteiger partial charge in [-0.15, -0.1) is 0 Å². The summed E-state index contributed by atoms with van der Waals surface area (Å²) in [6.07, 6.45) is 1.79. The SMILES string of the molecule is CCOc1ccc2occ(CNC)c2c1. The van der Waals surface area contributed by atoms with Gasteiger partial charge in [0.2, 0.25) is 0 Å². The van der Waals surface area contributed by atoms with E-state index in [4.69, 9.17) is 9.15 Å². The summed E-state index contributed by atoms with van der Waals surface area (Å²) in [6, 6.07) is 5.90. The van der Waals surface area contributed by atoms with Crippen LogP contribution in [0.2, 0.25) is 0 Å². The number of hydrogen-bond donors (Lipinski definition) is 1. The Hall–Kier alpha value is -1.48. The molecule has 3 heteroatoms. The lowest BCUT2D eigenvalue weighted by atomic mass is 10.1. The van der Waals surface area contributed by atoms with Gasteiger partial charge < -0.3 is 14.5 Å². The van der Waals surface area contributed by atoms with Crippen LogP contribution in [-0.2, 0) is 6.54 Å². The minimum absolute atomic E-state index is 0.685. The van der Waals surface area contributed by atoms with E-state index in [-0.39, 0.29) is 0 Å². The molecule has 2 aromatic rings. The van der Waals surface area contributed by atoms with Gasteiger partial charge in [-0.1, -0.05) is 0 Å². The van der Waals surface area contributed by atoms with Gasteiger partial charge in [-0.05, 0) is 32.2 Å². The fourth-order valence-corrected chi connectivity index (χ4v) is 1.64. The average molecular weight is 205 g/mol. The molecule has 0 aliphatic heterocycles. The molecule has 15 heavy (non-hydrogen) atoms. The van der Waals surface area contributed by atoms with E-state index < -0.39 is 0 Å². The van der Waals surface area contributed by atoms with Crippen molar-refractivity contribution in [2.45, 2.75) is 13.5 Å². The van der Waals surface area contributed by atoms with Crippen LogP contribution in [0.15, 0.2) is 28.9 Å². The quantitative estimate of drug-likeness (QED) is 0.833. The molecule has 1 heterocycles.